The van der Waals surface area contributed by atoms with Crippen molar-refractivity contribution in [1.29, 1.82) is 0 Å². The Morgan fingerprint density at radius 1 is 1.56 bits per heavy atom. The molecule has 52 valence electrons. The zero-order valence-electron chi connectivity index (χ0n) is 6.48. The van der Waals surface area contributed by atoms with E-state index in [1.54, 1.807) is 0 Å². The van der Waals surface area contributed by atoms with Gasteiger partial charge in [-0.25, -0.2) is 0 Å². The maximum atomic E-state index is 2.43. The molecule has 9 heavy (non-hydrogen) atoms. The lowest BCUT2D eigenvalue weighted by atomic mass is 9.42. The SMILES string of the molecule is CCC12CCC1CC2C. The van der Waals surface area contributed by atoms with Crippen LogP contribution in [0, 0.1) is 17.3 Å². The molecule has 3 unspecified atom stereocenters. The highest BCUT2D eigenvalue weighted by Gasteiger charge is 2.56. The minimum absolute atomic E-state index is 0.861. The van der Waals surface area contributed by atoms with E-state index in [4.69, 9.17) is 0 Å². The third-order valence-electron chi connectivity index (χ3n) is 4.05. The lowest BCUT2D eigenvalue weighted by Gasteiger charge is -2.63. The van der Waals surface area contributed by atoms with Gasteiger partial charge in [-0.05, 0) is 42.9 Å². The highest BCUT2D eigenvalue weighted by Crippen LogP contribution is 2.66. The van der Waals surface area contributed by atoms with Crippen LogP contribution >= 0.6 is 0 Å². The number of rotatable bonds is 1. The topological polar surface area (TPSA) is 0 Å². The van der Waals surface area contributed by atoms with Crippen molar-refractivity contribution >= 4 is 0 Å². The third kappa shape index (κ3) is 0.461. The summed E-state index contributed by atoms with van der Waals surface area (Å²) in [5.74, 6) is 2.21. The van der Waals surface area contributed by atoms with E-state index in [2.05, 4.69) is 13.8 Å². The molecule has 0 aromatic carbocycles. The Hall–Kier alpha value is 0. The summed E-state index contributed by atoms with van der Waals surface area (Å²) in [6, 6.07) is 0. The zero-order valence-corrected chi connectivity index (χ0v) is 6.48. The maximum Gasteiger partial charge on any atom is -0.0246 e. The van der Waals surface area contributed by atoms with Gasteiger partial charge in [0.15, 0.2) is 0 Å². The van der Waals surface area contributed by atoms with Gasteiger partial charge in [0.05, 0.1) is 0 Å². The van der Waals surface area contributed by atoms with E-state index in [0.29, 0.717) is 0 Å². The average molecular weight is 124 g/mol. The van der Waals surface area contributed by atoms with Gasteiger partial charge in [0, 0.05) is 0 Å². The summed E-state index contributed by atoms with van der Waals surface area (Å²) in [6.45, 7) is 4.79. The highest BCUT2D eigenvalue weighted by atomic mass is 14.6. The lowest BCUT2D eigenvalue weighted by molar-refractivity contribution is -0.136. The molecule has 0 amide bonds. The summed E-state index contributed by atoms with van der Waals surface area (Å²) in [5.41, 5.74) is 0.861. The van der Waals surface area contributed by atoms with E-state index in [1.165, 1.54) is 25.7 Å². The quantitative estimate of drug-likeness (QED) is 0.504. The van der Waals surface area contributed by atoms with Crippen LogP contribution in [-0.2, 0) is 0 Å². The number of hydrogen-bond acceptors (Lipinski definition) is 0. The molecule has 2 aliphatic carbocycles. The molecule has 2 rings (SSSR count). The van der Waals surface area contributed by atoms with Crippen LogP contribution in [0.15, 0.2) is 0 Å². The van der Waals surface area contributed by atoms with Crippen LogP contribution in [0.1, 0.15) is 39.5 Å². The Bertz CT molecular complexity index is 118. The second-order valence-electron chi connectivity index (χ2n) is 3.96. The summed E-state index contributed by atoms with van der Waals surface area (Å²) in [4.78, 5) is 0. The van der Waals surface area contributed by atoms with Gasteiger partial charge in [-0.3, -0.25) is 0 Å². The second-order valence-corrected chi connectivity index (χ2v) is 3.96. The highest BCUT2D eigenvalue weighted by molar-refractivity contribution is 5.06. The van der Waals surface area contributed by atoms with Gasteiger partial charge in [0.2, 0.25) is 0 Å². The molecule has 0 N–H and O–H groups in total. The van der Waals surface area contributed by atoms with Gasteiger partial charge < -0.3 is 0 Å². The van der Waals surface area contributed by atoms with Crippen molar-refractivity contribution in [3.63, 3.8) is 0 Å². The Labute approximate surface area is 57.6 Å². The molecule has 0 heteroatoms. The molecule has 0 heterocycles. The molecule has 2 saturated carbocycles. The Morgan fingerprint density at radius 3 is 2.44 bits per heavy atom. The molecule has 0 aliphatic heterocycles. The van der Waals surface area contributed by atoms with Crippen LogP contribution in [0.4, 0.5) is 0 Å². The molecular weight excluding hydrogens is 108 g/mol. The van der Waals surface area contributed by atoms with Gasteiger partial charge in [-0.2, -0.15) is 0 Å². The maximum absolute atomic E-state index is 2.43. The van der Waals surface area contributed by atoms with Crippen molar-refractivity contribution in [2.75, 3.05) is 0 Å². The van der Waals surface area contributed by atoms with Gasteiger partial charge in [0.1, 0.15) is 0 Å². The Kier molecular flexibility index (Phi) is 0.980. The summed E-state index contributed by atoms with van der Waals surface area (Å²) < 4.78 is 0. The average Bonchev–Trinajstić information content (AvgIpc) is 1.84. The molecular formula is C9H16. The van der Waals surface area contributed by atoms with Crippen molar-refractivity contribution in [3.8, 4) is 0 Å². The Balaban J connectivity index is 2.09. The molecule has 3 atom stereocenters. The van der Waals surface area contributed by atoms with E-state index in [0.717, 1.165) is 17.3 Å². The van der Waals surface area contributed by atoms with Crippen molar-refractivity contribution < 1.29 is 0 Å². The molecule has 0 aromatic heterocycles. The summed E-state index contributed by atoms with van der Waals surface area (Å²) in [7, 11) is 0. The standard InChI is InChI=1S/C9H16/c1-3-9-5-4-8(9)6-7(9)2/h7-8H,3-6H2,1-2H3. The smallest absolute Gasteiger partial charge is 0.0246 e. The minimum Gasteiger partial charge on any atom is -0.0648 e. The van der Waals surface area contributed by atoms with Gasteiger partial charge in [0.25, 0.3) is 0 Å². The van der Waals surface area contributed by atoms with Crippen molar-refractivity contribution in [2.45, 2.75) is 39.5 Å². The summed E-state index contributed by atoms with van der Waals surface area (Å²) in [6.07, 6.45) is 6.06. The minimum atomic E-state index is 0.861. The Morgan fingerprint density at radius 2 is 2.33 bits per heavy atom. The molecule has 0 saturated heterocycles. The molecule has 0 nitrogen and oxygen atoms in total. The van der Waals surface area contributed by atoms with Gasteiger partial charge >= 0.3 is 0 Å². The van der Waals surface area contributed by atoms with Crippen LogP contribution in [-0.4, -0.2) is 0 Å². The molecule has 2 fully saturated rings. The largest absolute Gasteiger partial charge is 0.0648 e. The van der Waals surface area contributed by atoms with Crippen molar-refractivity contribution in [1.82, 2.24) is 0 Å². The first-order valence-electron chi connectivity index (χ1n) is 4.29. The van der Waals surface area contributed by atoms with E-state index in [1.807, 2.05) is 0 Å². The predicted octanol–water partition coefficient (Wildman–Crippen LogP) is 2.83. The first kappa shape index (κ1) is 5.76. The lowest BCUT2D eigenvalue weighted by Crippen LogP contribution is -2.54. The normalized spacial score (nSPS) is 55.3. The zero-order chi connectivity index (χ0) is 6.48. The first-order valence-corrected chi connectivity index (χ1v) is 4.29. The van der Waals surface area contributed by atoms with Gasteiger partial charge in [-0.15, -0.1) is 0 Å². The monoisotopic (exact) mass is 124 g/mol. The number of fused-ring (bicyclic) bond motifs is 1. The molecule has 0 aromatic rings. The van der Waals surface area contributed by atoms with E-state index >= 15 is 0 Å². The van der Waals surface area contributed by atoms with Crippen molar-refractivity contribution in [3.05, 3.63) is 0 Å². The van der Waals surface area contributed by atoms with Crippen LogP contribution in [0.25, 0.3) is 0 Å². The molecule has 0 bridgehead atoms. The van der Waals surface area contributed by atoms with Crippen molar-refractivity contribution in [2.24, 2.45) is 17.3 Å². The van der Waals surface area contributed by atoms with Gasteiger partial charge in [-0.1, -0.05) is 13.8 Å². The third-order valence-corrected chi connectivity index (χ3v) is 4.05. The van der Waals surface area contributed by atoms with E-state index < -0.39 is 0 Å². The molecule has 0 spiro atoms. The number of hydrogen-bond donors (Lipinski definition) is 0. The van der Waals surface area contributed by atoms with Crippen LogP contribution < -0.4 is 0 Å². The fourth-order valence-corrected chi connectivity index (χ4v) is 3.04. The fourth-order valence-electron chi connectivity index (χ4n) is 3.04. The predicted molar refractivity (Wildman–Crippen MR) is 39.2 cm³/mol. The van der Waals surface area contributed by atoms with Crippen LogP contribution in [0.5, 0.6) is 0 Å². The van der Waals surface area contributed by atoms with Crippen LogP contribution in [0.3, 0.4) is 0 Å². The molecule has 2 aliphatic rings. The first-order chi connectivity index (χ1) is 4.29. The van der Waals surface area contributed by atoms with E-state index in [9.17, 15) is 0 Å². The van der Waals surface area contributed by atoms with Crippen LogP contribution in [0.2, 0.25) is 0 Å². The summed E-state index contributed by atoms with van der Waals surface area (Å²) >= 11 is 0. The molecule has 0 radical (unpaired) electrons. The summed E-state index contributed by atoms with van der Waals surface area (Å²) in [5, 5.41) is 0. The fraction of sp³-hybridized carbons (Fsp3) is 1.00. The second kappa shape index (κ2) is 1.53. The van der Waals surface area contributed by atoms with E-state index in [-0.39, 0.29) is 0 Å².